The number of rotatable bonds is 2. The van der Waals surface area contributed by atoms with Crippen molar-refractivity contribution in [3.05, 3.63) is 53.2 Å². The number of carbonyl (C=O) groups excluding carboxylic acids is 3. The first-order valence-corrected chi connectivity index (χ1v) is 5.70. The molecule has 0 aliphatic carbocycles. The van der Waals surface area contributed by atoms with Gasteiger partial charge in [-0.1, -0.05) is 17.2 Å². The Morgan fingerprint density at radius 3 is 2.30 bits per heavy atom. The Balaban J connectivity index is 1.85. The molecule has 0 spiro atoms. The van der Waals surface area contributed by atoms with Gasteiger partial charge in [0.2, 0.25) is 0 Å². The predicted octanol–water partition coefficient (Wildman–Crippen LogP) is 1.35. The third kappa shape index (κ3) is 1.76. The molecule has 2 heterocycles. The third-order valence-corrected chi connectivity index (χ3v) is 2.73. The van der Waals surface area contributed by atoms with Crippen LogP contribution in [-0.4, -0.2) is 27.8 Å². The Kier molecular flexibility index (Phi) is 2.60. The highest BCUT2D eigenvalue weighted by atomic mass is 16.7. The smallest absolute Gasteiger partial charge is 0.419 e. The molecule has 0 atom stereocenters. The summed E-state index contributed by atoms with van der Waals surface area (Å²) in [4.78, 5) is 44.1. The lowest BCUT2D eigenvalue weighted by atomic mass is 10.1. The second kappa shape index (κ2) is 4.30. The van der Waals surface area contributed by atoms with E-state index in [0.29, 0.717) is 10.8 Å². The van der Waals surface area contributed by atoms with Gasteiger partial charge in [-0.3, -0.25) is 9.59 Å². The molecule has 100 valence electrons. The van der Waals surface area contributed by atoms with Crippen LogP contribution in [0.2, 0.25) is 0 Å². The van der Waals surface area contributed by atoms with E-state index < -0.39 is 17.8 Å². The molecule has 2 aromatic rings. The Morgan fingerprint density at radius 1 is 1.20 bits per heavy atom. The van der Waals surface area contributed by atoms with E-state index in [1.807, 2.05) is 0 Å². The minimum absolute atomic E-state index is 0.189. The number of imide groups is 1. The van der Waals surface area contributed by atoms with Crippen LogP contribution in [0.4, 0.5) is 0 Å². The van der Waals surface area contributed by atoms with Crippen molar-refractivity contribution in [3.63, 3.8) is 0 Å². The van der Waals surface area contributed by atoms with Gasteiger partial charge in [0, 0.05) is 0 Å². The normalized spacial score (nSPS) is 13.6. The SMILES string of the molecule is Cc1cnc(C(=O)ON2C(=O)c3ccccc3C2=O)o1. The van der Waals surface area contributed by atoms with Crippen LogP contribution in [-0.2, 0) is 4.84 Å². The van der Waals surface area contributed by atoms with Gasteiger partial charge in [-0.15, -0.1) is 0 Å². The Hall–Kier alpha value is -2.96. The fourth-order valence-electron chi connectivity index (χ4n) is 1.82. The number of aryl methyl sites for hydroxylation is 1. The molecule has 1 aromatic heterocycles. The number of hydrogen-bond donors (Lipinski definition) is 0. The molecule has 7 heteroatoms. The van der Waals surface area contributed by atoms with Gasteiger partial charge in [0.1, 0.15) is 5.76 Å². The molecule has 1 aliphatic rings. The van der Waals surface area contributed by atoms with E-state index in [1.54, 1.807) is 19.1 Å². The summed E-state index contributed by atoms with van der Waals surface area (Å²) in [5.74, 6) is -2.30. The number of amides is 2. The van der Waals surface area contributed by atoms with E-state index in [0.717, 1.165) is 0 Å². The van der Waals surface area contributed by atoms with E-state index in [1.165, 1.54) is 18.3 Å². The highest BCUT2D eigenvalue weighted by molar-refractivity contribution is 6.21. The summed E-state index contributed by atoms with van der Waals surface area (Å²) >= 11 is 0. The van der Waals surface area contributed by atoms with Gasteiger partial charge in [-0.2, -0.15) is 0 Å². The number of hydroxylamine groups is 2. The van der Waals surface area contributed by atoms with Crippen molar-refractivity contribution in [1.29, 1.82) is 0 Å². The lowest BCUT2D eigenvalue weighted by Gasteiger charge is -2.10. The number of benzene rings is 1. The summed E-state index contributed by atoms with van der Waals surface area (Å²) in [5, 5.41) is 0.409. The van der Waals surface area contributed by atoms with Crippen LogP contribution >= 0.6 is 0 Å². The first-order valence-electron chi connectivity index (χ1n) is 5.70. The maximum absolute atomic E-state index is 12.0. The minimum atomic E-state index is -1.01. The number of aromatic nitrogens is 1. The van der Waals surface area contributed by atoms with E-state index >= 15 is 0 Å². The zero-order chi connectivity index (χ0) is 14.3. The lowest BCUT2D eigenvalue weighted by Crippen LogP contribution is -2.32. The van der Waals surface area contributed by atoms with E-state index in [2.05, 4.69) is 4.98 Å². The van der Waals surface area contributed by atoms with Crippen LogP contribution in [0.15, 0.2) is 34.9 Å². The summed E-state index contributed by atoms with van der Waals surface area (Å²) in [6.45, 7) is 1.60. The van der Waals surface area contributed by atoms with Gasteiger partial charge in [0.15, 0.2) is 0 Å². The second-order valence-electron chi connectivity index (χ2n) is 4.11. The standard InChI is InChI=1S/C13H8N2O5/c1-7-6-14-10(19-7)13(18)20-15-11(16)8-4-2-3-5-9(8)12(15)17/h2-6H,1H3. The quantitative estimate of drug-likeness (QED) is 0.766. The van der Waals surface area contributed by atoms with Crippen LogP contribution in [0.5, 0.6) is 0 Å². The number of carbonyl (C=O) groups is 3. The zero-order valence-corrected chi connectivity index (χ0v) is 10.3. The van der Waals surface area contributed by atoms with Crippen LogP contribution in [0, 0.1) is 6.92 Å². The van der Waals surface area contributed by atoms with E-state index in [-0.39, 0.29) is 17.0 Å². The second-order valence-corrected chi connectivity index (χ2v) is 4.11. The summed E-state index contributed by atoms with van der Waals surface area (Å²) in [7, 11) is 0. The summed E-state index contributed by atoms with van der Waals surface area (Å²) in [6, 6.07) is 6.21. The van der Waals surface area contributed by atoms with Crippen molar-refractivity contribution in [3.8, 4) is 0 Å². The molecule has 2 amide bonds. The van der Waals surface area contributed by atoms with Gasteiger partial charge in [0.25, 0.3) is 11.8 Å². The summed E-state index contributed by atoms with van der Waals surface area (Å²) < 4.78 is 4.97. The number of oxazole rings is 1. The molecule has 0 bridgehead atoms. The lowest BCUT2D eigenvalue weighted by molar-refractivity contribution is -0.0608. The van der Waals surface area contributed by atoms with Gasteiger partial charge < -0.3 is 9.25 Å². The average molecular weight is 272 g/mol. The van der Waals surface area contributed by atoms with Gasteiger partial charge >= 0.3 is 11.9 Å². The molecule has 7 nitrogen and oxygen atoms in total. The Bertz CT molecular complexity index is 699. The van der Waals surface area contributed by atoms with Gasteiger partial charge in [-0.25, -0.2) is 9.78 Å². The number of hydrogen-bond acceptors (Lipinski definition) is 6. The van der Waals surface area contributed by atoms with E-state index in [9.17, 15) is 14.4 Å². The van der Waals surface area contributed by atoms with Gasteiger partial charge in [0.05, 0.1) is 17.3 Å². The summed E-state index contributed by atoms with van der Waals surface area (Å²) in [6.07, 6.45) is 1.33. The molecule has 0 fully saturated rings. The van der Waals surface area contributed by atoms with Crippen LogP contribution < -0.4 is 0 Å². The zero-order valence-electron chi connectivity index (χ0n) is 10.3. The number of nitrogens with zero attached hydrogens (tertiary/aromatic N) is 2. The minimum Gasteiger partial charge on any atom is -0.437 e. The maximum Gasteiger partial charge on any atom is 0.419 e. The fourth-order valence-corrected chi connectivity index (χ4v) is 1.82. The molecule has 20 heavy (non-hydrogen) atoms. The highest BCUT2D eigenvalue weighted by Gasteiger charge is 2.39. The molecule has 0 saturated heterocycles. The molecular formula is C13H8N2O5. The average Bonchev–Trinajstić information content (AvgIpc) is 2.98. The molecule has 0 saturated carbocycles. The van der Waals surface area contributed by atoms with Crippen molar-refractivity contribution in [2.75, 3.05) is 0 Å². The first kappa shape index (κ1) is 12.1. The molecule has 3 rings (SSSR count). The maximum atomic E-state index is 12.0. The Labute approximate surface area is 112 Å². The third-order valence-electron chi connectivity index (χ3n) is 2.73. The van der Waals surface area contributed by atoms with Crippen molar-refractivity contribution < 1.29 is 23.6 Å². The van der Waals surface area contributed by atoms with Crippen molar-refractivity contribution >= 4 is 17.8 Å². The monoisotopic (exact) mass is 272 g/mol. The Morgan fingerprint density at radius 2 is 1.80 bits per heavy atom. The van der Waals surface area contributed by atoms with Crippen LogP contribution in [0.25, 0.3) is 0 Å². The highest BCUT2D eigenvalue weighted by Crippen LogP contribution is 2.23. The molecule has 1 aromatic carbocycles. The molecule has 0 radical (unpaired) electrons. The fraction of sp³-hybridized carbons (Fsp3) is 0.0769. The topological polar surface area (TPSA) is 89.7 Å². The molecule has 1 aliphatic heterocycles. The van der Waals surface area contributed by atoms with Crippen molar-refractivity contribution in [2.45, 2.75) is 6.92 Å². The van der Waals surface area contributed by atoms with Crippen LogP contribution in [0.1, 0.15) is 37.2 Å². The van der Waals surface area contributed by atoms with Crippen molar-refractivity contribution in [1.82, 2.24) is 10.0 Å². The number of fused-ring (bicyclic) bond motifs is 1. The largest absolute Gasteiger partial charge is 0.437 e. The predicted molar refractivity (Wildman–Crippen MR) is 63.6 cm³/mol. The summed E-state index contributed by atoms with van der Waals surface area (Å²) in [5.41, 5.74) is 0.378. The van der Waals surface area contributed by atoms with Crippen molar-refractivity contribution in [2.24, 2.45) is 0 Å². The molecule has 0 unspecified atom stereocenters. The molecular weight excluding hydrogens is 264 g/mol. The molecule has 0 N–H and O–H groups in total. The van der Waals surface area contributed by atoms with Crippen LogP contribution in [0.3, 0.4) is 0 Å². The van der Waals surface area contributed by atoms with E-state index in [4.69, 9.17) is 9.25 Å². The van der Waals surface area contributed by atoms with Gasteiger partial charge in [-0.05, 0) is 19.1 Å². The first-order chi connectivity index (χ1) is 9.58.